The number of nitrogens with zero attached hydrogens (tertiary/aromatic N) is 5. The lowest BCUT2D eigenvalue weighted by Gasteiger charge is -2.20. The number of hydrogen-bond donors (Lipinski definition) is 6. The third-order valence-corrected chi connectivity index (χ3v) is 7.43. The molecule has 0 bridgehead atoms. The number of ether oxygens (including phenoxy) is 1. The molecular weight excluding hydrogens is 582 g/mol. The summed E-state index contributed by atoms with van der Waals surface area (Å²) in [7, 11) is 0. The van der Waals surface area contributed by atoms with Crippen molar-refractivity contribution in [1.29, 1.82) is 0 Å². The van der Waals surface area contributed by atoms with E-state index >= 15 is 0 Å². The molecule has 14 heteroatoms. The Morgan fingerprint density at radius 1 is 1.00 bits per heavy atom. The number of benzene rings is 2. The predicted molar refractivity (Wildman–Crippen MR) is 164 cm³/mol. The standard InChI is InChI=1S/C30H33N7O5.CH2O2/c1-2-20-15-22(42-36-20)26-24(39)25(40)29(41-26)37-17-33-23-27(34-30(31-13-14-38)35-28(23)37)32-16-21(18-9-5-3-6-10-18)19-11-7-4-8-12-19;2-1-3/h3-12,15,17,21,24-26,29,38-40H,2,13-14,16H2,1H3,(H2,31,32,34,35);1H,(H,2,3)/t24-,25+,26+,29+;/m0./s1. The minimum Gasteiger partial charge on any atom is -0.483 e. The molecule has 1 aliphatic heterocycles. The first-order valence-electron chi connectivity index (χ1n) is 14.5. The number of carbonyl (C=O) groups is 1. The van der Waals surface area contributed by atoms with Gasteiger partial charge in [-0.2, -0.15) is 9.97 Å². The largest absolute Gasteiger partial charge is 0.483 e. The number of aliphatic hydroxyl groups is 3. The molecule has 3 aromatic heterocycles. The fraction of sp³-hybridized carbons (Fsp3) is 0.323. The van der Waals surface area contributed by atoms with Crippen molar-refractivity contribution in [3.05, 3.63) is 95.6 Å². The van der Waals surface area contributed by atoms with E-state index in [1.165, 1.54) is 6.33 Å². The molecule has 4 atom stereocenters. The molecule has 0 radical (unpaired) electrons. The number of hydrogen-bond acceptors (Lipinski definition) is 12. The molecular formula is C31H35N7O7. The second kappa shape index (κ2) is 14.7. The Hall–Kier alpha value is -4.89. The molecule has 45 heavy (non-hydrogen) atoms. The monoisotopic (exact) mass is 617 g/mol. The van der Waals surface area contributed by atoms with Gasteiger partial charge in [-0.15, -0.1) is 0 Å². The van der Waals surface area contributed by atoms with E-state index in [4.69, 9.17) is 19.2 Å². The summed E-state index contributed by atoms with van der Waals surface area (Å²) < 4.78 is 13.1. The fourth-order valence-corrected chi connectivity index (χ4v) is 5.22. The Kier molecular flexibility index (Phi) is 10.3. The average Bonchev–Trinajstić information content (AvgIpc) is 3.79. The predicted octanol–water partition coefficient (Wildman–Crippen LogP) is 2.72. The lowest BCUT2D eigenvalue weighted by atomic mass is 9.91. The van der Waals surface area contributed by atoms with Gasteiger partial charge in [-0.1, -0.05) is 72.7 Å². The van der Waals surface area contributed by atoms with Crippen LogP contribution in [-0.2, 0) is 16.0 Å². The lowest BCUT2D eigenvalue weighted by Crippen LogP contribution is -2.29. The van der Waals surface area contributed by atoms with E-state index in [9.17, 15) is 15.3 Å². The van der Waals surface area contributed by atoms with E-state index in [0.717, 1.165) is 16.8 Å². The molecule has 5 aromatic rings. The Balaban J connectivity index is 0.00000128. The van der Waals surface area contributed by atoms with Gasteiger partial charge in [0, 0.05) is 25.1 Å². The van der Waals surface area contributed by atoms with Gasteiger partial charge in [-0.05, 0) is 17.5 Å². The van der Waals surface area contributed by atoms with E-state index in [0.29, 0.717) is 35.7 Å². The number of aromatic nitrogens is 5. The number of nitrogens with one attached hydrogen (secondary N) is 2. The molecule has 2 aromatic carbocycles. The molecule has 0 unspecified atom stereocenters. The Labute approximate surface area is 258 Å². The van der Waals surface area contributed by atoms with Gasteiger partial charge in [0.05, 0.1) is 18.6 Å². The maximum Gasteiger partial charge on any atom is 0.290 e. The van der Waals surface area contributed by atoms with Gasteiger partial charge >= 0.3 is 0 Å². The van der Waals surface area contributed by atoms with Gasteiger partial charge in [0.15, 0.2) is 29.0 Å². The van der Waals surface area contributed by atoms with Crippen molar-refractivity contribution in [2.24, 2.45) is 0 Å². The first kappa shape index (κ1) is 31.5. The lowest BCUT2D eigenvalue weighted by molar-refractivity contribution is -0.122. The maximum absolute atomic E-state index is 11.0. The number of rotatable bonds is 11. The smallest absolute Gasteiger partial charge is 0.290 e. The van der Waals surface area contributed by atoms with Crippen molar-refractivity contribution in [3.63, 3.8) is 0 Å². The van der Waals surface area contributed by atoms with Crippen LogP contribution in [0.25, 0.3) is 11.2 Å². The number of imidazole rings is 1. The molecule has 6 rings (SSSR count). The van der Waals surface area contributed by atoms with E-state index in [1.54, 1.807) is 10.6 Å². The van der Waals surface area contributed by atoms with Gasteiger partial charge in [-0.3, -0.25) is 9.36 Å². The van der Waals surface area contributed by atoms with Crippen LogP contribution in [0, 0.1) is 0 Å². The van der Waals surface area contributed by atoms with E-state index in [1.807, 2.05) is 43.3 Å². The quantitative estimate of drug-likeness (QED) is 0.118. The minimum atomic E-state index is -1.29. The molecule has 1 fully saturated rings. The molecule has 0 saturated carbocycles. The summed E-state index contributed by atoms with van der Waals surface area (Å²) in [5.74, 6) is 1.10. The highest BCUT2D eigenvalue weighted by Crippen LogP contribution is 2.40. The third kappa shape index (κ3) is 6.94. The molecule has 1 saturated heterocycles. The van der Waals surface area contributed by atoms with Gasteiger partial charge < -0.3 is 40.3 Å². The van der Waals surface area contributed by atoms with Crippen LogP contribution in [-0.4, -0.2) is 83.5 Å². The molecule has 6 N–H and O–H groups in total. The van der Waals surface area contributed by atoms with Crippen molar-refractivity contribution >= 4 is 29.4 Å². The van der Waals surface area contributed by atoms with Gasteiger partial charge in [0.2, 0.25) is 5.95 Å². The van der Waals surface area contributed by atoms with Crippen molar-refractivity contribution in [1.82, 2.24) is 24.7 Å². The van der Waals surface area contributed by atoms with Crippen LogP contribution < -0.4 is 10.6 Å². The third-order valence-electron chi connectivity index (χ3n) is 7.43. The van der Waals surface area contributed by atoms with Gasteiger partial charge in [0.1, 0.15) is 18.3 Å². The van der Waals surface area contributed by atoms with Crippen LogP contribution in [0.3, 0.4) is 0 Å². The molecule has 1 aliphatic rings. The molecule has 14 nitrogen and oxygen atoms in total. The van der Waals surface area contributed by atoms with Crippen LogP contribution in [0.4, 0.5) is 11.8 Å². The summed E-state index contributed by atoms with van der Waals surface area (Å²) in [6.07, 6.45) is -2.29. The van der Waals surface area contributed by atoms with Crippen molar-refractivity contribution < 1.29 is 34.5 Å². The van der Waals surface area contributed by atoms with E-state index in [-0.39, 0.29) is 31.5 Å². The van der Waals surface area contributed by atoms with Gasteiger partial charge in [0.25, 0.3) is 6.47 Å². The highest BCUT2D eigenvalue weighted by Gasteiger charge is 2.47. The SMILES string of the molecule is CCc1cc([C@H]2O[C@@H](n3cnc4c(NCC(c5ccccc5)c5ccccc5)nc(NCCO)nc43)[C@H](O)[C@@H]2O)on1.O=CO. The fourth-order valence-electron chi connectivity index (χ4n) is 5.22. The Morgan fingerprint density at radius 3 is 2.27 bits per heavy atom. The van der Waals surface area contributed by atoms with Crippen LogP contribution in [0.1, 0.15) is 47.8 Å². The van der Waals surface area contributed by atoms with E-state index in [2.05, 4.69) is 55.0 Å². The summed E-state index contributed by atoms with van der Waals surface area (Å²) >= 11 is 0. The number of carboxylic acid groups (broad SMARTS) is 1. The Bertz CT molecular complexity index is 1630. The van der Waals surface area contributed by atoms with E-state index < -0.39 is 24.5 Å². The number of anilines is 2. The topological polar surface area (TPSA) is 201 Å². The normalized spacial score (nSPS) is 19.3. The summed E-state index contributed by atoms with van der Waals surface area (Å²) in [5.41, 5.74) is 3.86. The minimum absolute atomic E-state index is 0.0270. The molecule has 4 heterocycles. The van der Waals surface area contributed by atoms with Crippen LogP contribution >= 0.6 is 0 Å². The molecule has 236 valence electrons. The molecule has 0 amide bonds. The zero-order valence-electron chi connectivity index (χ0n) is 24.5. The highest BCUT2D eigenvalue weighted by atomic mass is 16.6. The van der Waals surface area contributed by atoms with Crippen LogP contribution in [0.5, 0.6) is 0 Å². The maximum atomic E-state index is 11.0. The average molecular weight is 618 g/mol. The van der Waals surface area contributed by atoms with Gasteiger partial charge in [-0.25, -0.2) is 4.98 Å². The summed E-state index contributed by atoms with van der Waals surface area (Å²) in [5, 5.41) is 48.6. The van der Waals surface area contributed by atoms with Crippen LogP contribution in [0.15, 0.2) is 77.6 Å². The zero-order valence-corrected chi connectivity index (χ0v) is 24.5. The highest BCUT2D eigenvalue weighted by molar-refractivity contribution is 5.84. The van der Waals surface area contributed by atoms with Crippen molar-refractivity contribution in [3.8, 4) is 0 Å². The van der Waals surface area contributed by atoms with Crippen LogP contribution in [0.2, 0.25) is 0 Å². The van der Waals surface area contributed by atoms with Crippen molar-refractivity contribution in [2.45, 2.75) is 43.8 Å². The number of fused-ring (bicyclic) bond motifs is 1. The zero-order chi connectivity index (χ0) is 31.8. The molecule has 0 aliphatic carbocycles. The molecule has 0 spiro atoms. The number of aliphatic hydroxyl groups excluding tert-OH is 3. The van der Waals surface area contributed by atoms with Crippen molar-refractivity contribution in [2.75, 3.05) is 30.3 Å². The first-order valence-corrected chi connectivity index (χ1v) is 14.5. The summed E-state index contributed by atoms with van der Waals surface area (Å²) in [6.45, 7) is 2.34. The Morgan fingerprint density at radius 2 is 1.67 bits per heavy atom. The summed E-state index contributed by atoms with van der Waals surface area (Å²) in [4.78, 5) is 22.2. The second-order valence-corrected chi connectivity index (χ2v) is 10.2. The number of aryl methyl sites for hydroxylation is 1. The first-order chi connectivity index (χ1) is 22.0. The summed E-state index contributed by atoms with van der Waals surface area (Å²) in [6, 6.07) is 22.1. The second-order valence-electron chi connectivity index (χ2n) is 10.2.